The van der Waals surface area contributed by atoms with E-state index in [0.29, 0.717) is 22.2 Å². The lowest BCUT2D eigenvalue weighted by atomic mass is 9.93. The van der Waals surface area contributed by atoms with E-state index < -0.39 is 0 Å². The first-order valence-corrected chi connectivity index (χ1v) is 11.8. The summed E-state index contributed by atoms with van der Waals surface area (Å²) in [6, 6.07) is 7.86. The van der Waals surface area contributed by atoms with Crippen LogP contribution in [0.5, 0.6) is 5.88 Å². The highest BCUT2D eigenvalue weighted by atomic mass is 35.5. The highest BCUT2D eigenvalue weighted by molar-refractivity contribution is 6.33. The largest absolute Gasteiger partial charge is 0.473 e. The second-order valence-electron chi connectivity index (χ2n) is 9.87. The van der Waals surface area contributed by atoms with Gasteiger partial charge in [-0.05, 0) is 79.5 Å². The van der Waals surface area contributed by atoms with Crippen molar-refractivity contribution in [1.82, 2.24) is 15.1 Å². The number of hydrogen-bond donors (Lipinski definition) is 0. The predicted molar refractivity (Wildman–Crippen MR) is 118 cm³/mol. The van der Waals surface area contributed by atoms with E-state index in [1.807, 2.05) is 6.07 Å². The fourth-order valence-corrected chi connectivity index (χ4v) is 6.63. The quantitative estimate of drug-likeness (QED) is 0.597. The number of hydrogen-bond acceptors (Lipinski definition) is 4. The summed E-state index contributed by atoms with van der Waals surface area (Å²) in [5.74, 6) is 4.23. The third-order valence-corrected chi connectivity index (χ3v) is 8.15. The smallest absolute Gasteiger partial charge is 0.233 e. The molecule has 3 fully saturated rings. The number of benzene rings is 1. The van der Waals surface area contributed by atoms with Crippen molar-refractivity contribution in [2.45, 2.75) is 31.8 Å². The maximum absolute atomic E-state index is 13.5. The maximum atomic E-state index is 13.5. The fraction of sp³-hybridized carbons (Fsp3) is 0.520. The van der Waals surface area contributed by atoms with Crippen LogP contribution < -0.4 is 4.74 Å². The number of nitrogens with zero attached hydrogens (tertiary/aromatic N) is 3. The number of allylic oxidation sites excluding steroid dienone is 2. The van der Waals surface area contributed by atoms with Crippen molar-refractivity contribution >= 4 is 11.6 Å². The molecule has 2 heterocycles. The van der Waals surface area contributed by atoms with Crippen molar-refractivity contribution in [3.05, 3.63) is 53.3 Å². The molecule has 162 valence electrons. The number of rotatable bonds is 5. The van der Waals surface area contributed by atoms with Crippen LogP contribution in [0.3, 0.4) is 0 Å². The monoisotopic (exact) mass is 439 g/mol. The Labute approximate surface area is 187 Å². The molecule has 1 saturated heterocycles. The topological polar surface area (TPSA) is 38.2 Å². The average molecular weight is 440 g/mol. The van der Waals surface area contributed by atoms with Gasteiger partial charge < -0.3 is 9.64 Å². The average Bonchev–Trinajstić information content (AvgIpc) is 3.52. The molecule has 4 unspecified atom stereocenters. The third-order valence-electron chi connectivity index (χ3n) is 7.82. The van der Waals surface area contributed by atoms with Crippen LogP contribution in [0.2, 0.25) is 5.02 Å². The summed E-state index contributed by atoms with van der Waals surface area (Å²) in [5, 5.41) is 8.89. The molecule has 1 aromatic heterocycles. The minimum absolute atomic E-state index is 0.209. The third kappa shape index (κ3) is 3.87. The number of likely N-dealkylation sites (tertiary alicyclic amines) is 1. The molecule has 3 aliphatic carbocycles. The molecule has 31 heavy (non-hydrogen) atoms. The Morgan fingerprint density at radius 3 is 2.52 bits per heavy atom. The van der Waals surface area contributed by atoms with Crippen LogP contribution in [0.15, 0.2) is 42.5 Å². The van der Waals surface area contributed by atoms with Gasteiger partial charge in [0.25, 0.3) is 0 Å². The zero-order valence-corrected chi connectivity index (χ0v) is 18.2. The number of halogens is 2. The minimum Gasteiger partial charge on any atom is -0.473 e. The first-order valence-electron chi connectivity index (χ1n) is 11.5. The van der Waals surface area contributed by atoms with Gasteiger partial charge in [0.2, 0.25) is 5.88 Å². The molecule has 6 atom stereocenters. The molecule has 4 aliphatic rings. The van der Waals surface area contributed by atoms with Gasteiger partial charge in [0.15, 0.2) is 0 Å². The van der Waals surface area contributed by atoms with E-state index in [-0.39, 0.29) is 11.9 Å². The molecular weight excluding hydrogens is 413 g/mol. The van der Waals surface area contributed by atoms with E-state index in [9.17, 15) is 4.39 Å². The molecule has 4 nitrogen and oxygen atoms in total. The Kier molecular flexibility index (Phi) is 4.99. The van der Waals surface area contributed by atoms with E-state index in [2.05, 4.69) is 27.2 Å². The van der Waals surface area contributed by atoms with Crippen molar-refractivity contribution in [2.75, 3.05) is 19.6 Å². The van der Waals surface area contributed by atoms with Gasteiger partial charge in [-0.1, -0.05) is 23.8 Å². The molecule has 2 bridgehead atoms. The van der Waals surface area contributed by atoms with Crippen molar-refractivity contribution in [2.24, 2.45) is 29.6 Å². The number of fused-ring (bicyclic) bond motifs is 3. The standard InChI is InChI=1S/C25H27ClFN3O/c26-23-4-3-20(27)11-22(23)24-5-6-25(29-28-24)31-21-9-18-13-30(14-19(18)10-21)12-17-8-15-1-2-16(17)7-15/h1-6,11,15-19,21H,7-10,12-14H2/t15?,16?,17?,18-,19+,21?. The van der Waals surface area contributed by atoms with Gasteiger partial charge in [0, 0.05) is 31.3 Å². The molecule has 1 aliphatic heterocycles. The first kappa shape index (κ1) is 19.7. The van der Waals surface area contributed by atoms with Crippen molar-refractivity contribution in [3.63, 3.8) is 0 Å². The molecule has 0 amide bonds. The molecule has 0 radical (unpaired) electrons. The number of ether oxygens (including phenoxy) is 1. The van der Waals surface area contributed by atoms with E-state index in [1.54, 1.807) is 6.07 Å². The number of aromatic nitrogens is 2. The van der Waals surface area contributed by atoms with Crippen LogP contribution in [0.1, 0.15) is 25.7 Å². The van der Waals surface area contributed by atoms with E-state index in [0.717, 1.165) is 42.4 Å². The Morgan fingerprint density at radius 2 is 1.84 bits per heavy atom. The van der Waals surface area contributed by atoms with Crippen LogP contribution in [-0.2, 0) is 0 Å². The van der Waals surface area contributed by atoms with Gasteiger partial charge in [-0.3, -0.25) is 0 Å². The van der Waals surface area contributed by atoms with Gasteiger partial charge in [-0.25, -0.2) is 4.39 Å². The molecule has 6 rings (SSSR count). The SMILES string of the molecule is Fc1ccc(Cl)c(-c2ccc(OC3C[C@@H]4CN(CC5CC6C=CC5C6)C[C@@H]4C3)nn2)c1. The van der Waals surface area contributed by atoms with Crippen molar-refractivity contribution in [1.29, 1.82) is 0 Å². The normalized spacial score (nSPS) is 33.9. The second kappa shape index (κ2) is 7.86. The van der Waals surface area contributed by atoms with Gasteiger partial charge in [0.1, 0.15) is 11.9 Å². The Morgan fingerprint density at radius 1 is 1.00 bits per heavy atom. The summed E-state index contributed by atoms with van der Waals surface area (Å²) in [7, 11) is 0. The molecular formula is C25H27ClFN3O. The fourth-order valence-electron chi connectivity index (χ4n) is 6.41. The van der Waals surface area contributed by atoms with E-state index in [1.165, 1.54) is 50.7 Å². The van der Waals surface area contributed by atoms with Crippen LogP contribution in [0.25, 0.3) is 11.3 Å². The summed E-state index contributed by atoms with van der Waals surface area (Å²) in [6.45, 7) is 3.70. The Balaban J connectivity index is 1.03. The highest BCUT2D eigenvalue weighted by Crippen LogP contribution is 2.45. The van der Waals surface area contributed by atoms with Gasteiger partial charge in [0.05, 0.1) is 10.7 Å². The molecule has 6 heteroatoms. The Hall–Kier alpha value is -1.98. The van der Waals surface area contributed by atoms with Gasteiger partial charge >= 0.3 is 0 Å². The zero-order valence-electron chi connectivity index (χ0n) is 17.5. The summed E-state index contributed by atoms with van der Waals surface area (Å²) in [5.41, 5.74) is 1.09. The van der Waals surface area contributed by atoms with E-state index >= 15 is 0 Å². The lowest BCUT2D eigenvalue weighted by Gasteiger charge is -2.26. The van der Waals surface area contributed by atoms with Crippen LogP contribution in [0.4, 0.5) is 4.39 Å². The summed E-state index contributed by atoms with van der Waals surface area (Å²) < 4.78 is 19.7. The lowest BCUT2D eigenvalue weighted by Crippen LogP contribution is -2.31. The maximum Gasteiger partial charge on any atom is 0.233 e. The lowest BCUT2D eigenvalue weighted by molar-refractivity contribution is 0.170. The predicted octanol–water partition coefficient (Wildman–Crippen LogP) is 5.24. The molecule has 2 aromatic rings. The van der Waals surface area contributed by atoms with Gasteiger partial charge in [-0.15, -0.1) is 10.2 Å². The van der Waals surface area contributed by atoms with Crippen molar-refractivity contribution in [3.8, 4) is 17.1 Å². The van der Waals surface area contributed by atoms with Crippen molar-refractivity contribution < 1.29 is 9.13 Å². The molecule has 0 N–H and O–H groups in total. The zero-order chi connectivity index (χ0) is 20.9. The van der Waals surface area contributed by atoms with Crippen LogP contribution >= 0.6 is 11.6 Å². The van der Waals surface area contributed by atoms with Crippen LogP contribution in [-0.4, -0.2) is 40.8 Å². The minimum atomic E-state index is -0.343. The second-order valence-corrected chi connectivity index (χ2v) is 10.3. The van der Waals surface area contributed by atoms with E-state index in [4.69, 9.17) is 16.3 Å². The summed E-state index contributed by atoms with van der Waals surface area (Å²) in [4.78, 5) is 2.71. The Bertz CT molecular complexity index is 983. The summed E-state index contributed by atoms with van der Waals surface area (Å²) in [6.07, 6.45) is 10.1. The molecule has 2 saturated carbocycles. The highest BCUT2D eigenvalue weighted by Gasteiger charge is 2.44. The van der Waals surface area contributed by atoms with Gasteiger partial charge in [-0.2, -0.15) is 0 Å². The molecule has 0 spiro atoms. The van der Waals surface area contributed by atoms with Crippen LogP contribution in [0, 0.1) is 35.4 Å². The first-order chi connectivity index (χ1) is 15.1. The summed E-state index contributed by atoms with van der Waals surface area (Å²) >= 11 is 6.17. The molecule has 1 aromatic carbocycles.